The first-order valence-corrected chi connectivity index (χ1v) is 15.0. The lowest BCUT2D eigenvalue weighted by Gasteiger charge is -2.33. The number of hydrogen-bond donors (Lipinski definition) is 1. The van der Waals surface area contributed by atoms with Crippen molar-refractivity contribution in [3.05, 3.63) is 95.5 Å². The van der Waals surface area contributed by atoms with Gasteiger partial charge in [-0.15, -0.1) is 0 Å². The monoisotopic (exact) mass is 569 g/mol. The molecule has 0 fully saturated rings. The van der Waals surface area contributed by atoms with E-state index in [0.717, 1.165) is 22.7 Å². The molecule has 2 amide bonds. The van der Waals surface area contributed by atoms with E-state index < -0.39 is 28.5 Å². The average Bonchev–Trinajstić information content (AvgIpc) is 2.94. The van der Waals surface area contributed by atoms with E-state index in [4.69, 9.17) is 11.6 Å². The molecule has 3 rings (SSSR count). The highest BCUT2D eigenvalue weighted by Gasteiger charge is 2.33. The Hall–Kier alpha value is -3.36. The second-order valence-electron chi connectivity index (χ2n) is 9.20. The summed E-state index contributed by atoms with van der Waals surface area (Å²) in [6, 6.07) is 23.3. The molecule has 39 heavy (non-hydrogen) atoms. The summed E-state index contributed by atoms with van der Waals surface area (Å²) in [4.78, 5) is 28.7. The molecule has 0 bridgehead atoms. The number of amides is 2. The molecule has 0 aliphatic carbocycles. The Bertz CT molecular complexity index is 1320. The van der Waals surface area contributed by atoms with Crippen LogP contribution in [0.15, 0.2) is 89.8 Å². The van der Waals surface area contributed by atoms with Gasteiger partial charge >= 0.3 is 0 Å². The zero-order valence-corrected chi connectivity index (χ0v) is 24.0. The maximum absolute atomic E-state index is 14.0. The van der Waals surface area contributed by atoms with Crippen molar-refractivity contribution in [3.8, 4) is 0 Å². The second kappa shape index (κ2) is 14.7. The van der Waals surface area contributed by atoms with E-state index in [0.29, 0.717) is 24.4 Å². The van der Waals surface area contributed by atoms with Gasteiger partial charge in [0.15, 0.2) is 0 Å². The van der Waals surface area contributed by atoms with Crippen LogP contribution in [0.1, 0.15) is 38.7 Å². The molecule has 0 aliphatic rings. The summed E-state index contributed by atoms with van der Waals surface area (Å²) in [6.07, 6.45) is 2.67. The summed E-state index contributed by atoms with van der Waals surface area (Å²) < 4.78 is 28.6. The van der Waals surface area contributed by atoms with Crippen LogP contribution in [0.25, 0.3) is 0 Å². The number of halogens is 1. The van der Waals surface area contributed by atoms with Crippen molar-refractivity contribution in [2.45, 2.75) is 50.5 Å². The molecule has 1 N–H and O–H groups in total. The highest BCUT2D eigenvalue weighted by molar-refractivity contribution is 7.92. The zero-order valence-electron chi connectivity index (χ0n) is 22.4. The van der Waals surface area contributed by atoms with Gasteiger partial charge in [0, 0.05) is 18.1 Å². The van der Waals surface area contributed by atoms with E-state index in [1.54, 1.807) is 36.4 Å². The maximum Gasteiger partial charge on any atom is 0.264 e. The predicted octanol–water partition coefficient (Wildman–Crippen LogP) is 5.30. The van der Waals surface area contributed by atoms with E-state index >= 15 is 0 Å². The lowest BCUT2D eigenvalue weighted by atomic mass is 10.1. The van der Waals surface area contributed by atoms with Crippen molar-refractivity contribution in [2.75, 3.05) is 23.9 Å². The van der Waals surface area contributed by atoms with Gasteiger partial charge in [-0.1, -0.05) is 86.5 Å². The molecule has 0 spiro atoms. The Labute approximate surface area is 236 Å². The molecule has 0 radical (unpaired) electrons. The third kappa shape index (κ3) is 8.31. The molecule has 208 valence electrons. The second-order valence-corrected chi connectivity index (χ2v) is 11.5. The Kier molecular flexibility index (Phi) is 11.4. The lowest BCUT2D eigenvalue weighted by molar-refractivity contribution is -0.139. The molecule has 3 aromatic rings. The first-order valence-electron chi connectivity index (χ1n) is 13.2. The molecule has 1 unspecified atom stereocenters. The van der Waals surface area contributed by atoms with Crippen molar-refractivity contribution < 1.29 is 18.0 Å². The van der Waals surface area contributed by atoms with E-state index in [1.165, 1.54) is 23.1 Å². The van der Waals surface area contributed by atoms with Gasteiger partial charge in [0.2, 0.25) is 11.8 Å². The summed E-state index contributed by atoms with van der Waals surface area (Å²) in [5.74, 6) is -0.713. The lowest BCUT2D eigenvalue weighted by Crippen LogP contribution is -2.53. The van der Waals surface area contributed by atoms with Crippen molar-refractivity contribution in [1.29, 1.82) is 0 Å². The van der Waals surface area contributed by atoms with Gasteiger partial charge in [0.1, 0.15) is 12.6 Å². The fourth-order valence-electron chi connectivity index (χ4n) is 4.28. The van der Waals surface area contributed by atoms with Crippen LogP contribution < -0.4 is 9.62 Å². The zero-order chi connectivity index (χ0) is 28.3. The minimum atomic E-state index is -4.11. The van der Waals surface area contributed by atoms with Crippen LogP contribution in [-0.4, -0.2) is 50.8 Å². The van der Waals surface area contributed by atoms with E-state index in [-0.39, 0.29) is 23.0 Å². The smallest absolute Gasteiger partial charge is 0.264 e. The van der Waals surface area contributed by atoms with Gasteiger partial charge in [-0.25, -0.2) is 8.42 Å². The van der Waals surface area contributed by atoms with Crippen LogP contribution in [0.5, 0.6) is 0 Å². The first-order chi connectivity index (χ1) is 18.8. The Balaban J connectivity index is 1.97. The van der Waals surface area contributed by atoms with Gasteiger partial charge in [0.05, 0.1) is 10.6 Å². The first kappa shape index (κ1) is 30.2. The molecular formula is C30H36ClN3O4S. The maximum atomic E-state index is 14.0. The van der Waals surface area contributed by atoms with Crippen LogP contribution in [0, 0.1) is 0 Å². The van der Waals surface area contributed by atoms with Crippen molar-refractivity contribution in [1.82, 2.24) is 10.2 Å². The highest BCUT2D eigenvalue weighted by Crippen LogP contribution is 2.26. The van der Waals surface area contributed by atoms with Crippen molar-refractivity contribution >= 4 is 39.1 Å². The summed E-state index contributed by atoms with van der Waals surface area (Å²) in [7, 11) is -4.11. The van der Waals surface area contributed by atoms with Crippen LogP contribution in [0.2, 0.25) is 5.02 Å². The number of benzene rings is 3. The molecule has 9 heteroatoms. The number of carbonyl (C=O) groups is 2. The van der Waals surface area contributed by atoms with E-state index in [9.17, 15) is 18.0 Å². The molecule has 1 atom stereocenters. The fourth-order valence-corrected chi connectivity index (χ4v) is 5.89. The number of sulfonamides is 1. The number of nitrogens with zero attached hydrogens (tertiary/aromatic N) is 2. The number of carbonyl (C=O) groups excluding carboxylic acids is 2. The predicted molar refractivity (Wildman–Crippen MR) is 156 cm³/mol. The number of nitrogens with one attached hydrogen (secondary N) is 1. The summed E-state index contributed by atoms with van der Waals surface area (Å²) in [5, 5.41) is 3.28. The Morgan fingerprint density at radius 2 is 1.59 bits per heavy atom. The molecule has 7 nitrogen and oxygen atoms in total. The molecule has 3 aromatic carbocycles. The molecule has 0 saturated carbocycles. The van der Waals surface area contributed by atoms with Crippen LogP contribution in [-0.2, 0) is 26.0 Å². The molecule has 0 heterocycles. The third-order valence-electron chi connectivity index (χ3n) is 6.41. The van der Waals surface area contributed by atoms with Gasteiger partial charge < -0.3 is 10.2 Å². The number of rotatable bonds is 14. The minimum Gasteiger partial charge on any atom is -0.354 e. The average molecular weight is 570 g/mol. The topological polar surface area (TPSA) is 86.8 Å². The van der Waals surface area contributed by atoms with Gasteiger partial charge in [-0.3, -0.25) is 13.9 Å². The number of hydrogen-bond acceptors (Lipinski definition) is 4. The SMILES string of the molecule is CCCCNC(=O)C(CC)N(CCc1ccccc1)C(=O)CN(c1cccc(Cl)c1)S(=O)(=O)c1ccccc1. The Morgan fingerprint density at radius 3 is 2.21 bits per heavy atom. The number of unbranched alkanes of at least 4 members (excludes halogenated alkanes) is 1. The van der Waals surface area contributed by atoms with Crippen LogP contribution in [0.4, 0.5) is 5.69 Å². The highest BCUT2D eigenvalue weighted by atomic mass is 35.5. The Morgan fingerprint density at radius 1 is 0.923 bits per heavy atom. The van der Waals surface area contributed by atoms with Crippen LogP contribution in [0.3, 0.4) is 0 Å². The number of anilines is 1. The standard InChI is InChI=1S/C30H36ClN3O4S/c1-3-5-20-32-30(36)28(4-2)33(21-19-24-13-8-6-9-14-24)29(35)23-34(26-16-12-15-25(31)22-26)39(37,38)27-17-10-7-11-18-27/h6-18,22,28H,3-5,19-21,23H2,1-2H3,(H,32,36). The third-order valence-corrected chi connectivity index (χ3v) is 8.43. The van der Waals surface area contributed by atoms with Gasteiger partial charge in [-0.2, -0.15) is 0 Å². The van der Waals surface area contributed by atoms with E-state index in [1.807, 2.05) is 44.2 Å². The molecule has 0 aromatic heterocycles. The summed E-state index contributed by atoms with van der Waals surface area (Å²) in [5.41, 5.74) is 1.28. The minimum absolute atomic E-state index is 0.0537. The molecule has 0 saturated heterocycles. The van der Waals surface area contributed by atoms with Crippen molar-refractivity contribution in [3.63, 3.8) is 0 Å². The summed E-state index contributed by atoms with van der Waals surface area (Å²) in [6.45, 7) is 4.19. The molecule has 0 aliphatic heterocycles. The molecular weight excluding hydrogens is 534 g/mol. The van der Waals surface area contributed by atoms with Gasteiger partial charge in [0.25, 0.3) is 10.0 Å². The van der Waals surface area contributed by atoms with Gasteiger partial charge in [-0.05, 0) is 55.2 Å². The fraction of sp³-hybridized carbons (Fsp3) is 0.333. The quantitative estimate of drug-likeness (QED) is 0.267. The van der Waals surface area contributed by atoms with E-state index in [2.05, 4.69) is 5.32 Å². The normalized spacial score (nSPS) is 12.0. The van der Waals surface area contributed by atoms with Crippen molar-refractivity contribution in [2.24, 2.45) is 0 Å². The van der Waals surface area contributed by atoms with Crippen LogP contribution >= 0.6 is 11.6 Å². The summed E-state index contributed by atoms with van der Waals surface area (Å²) >= 11 is 6.21. The largest absolute Gasteiger partial charge is 0.354 e.